The van der Waals surface area contributed by atoms with Crippen molar-refractivity contribution in [2.75, 3.05) is 37.6 Å². The van der Waals surface area contributed by atoms with Gasteiger partial charge in [0.15, 0.2) is 11.4 Å². The van der Waals surface area contributed by atoms with Gasteiger partial charge in [-0.1, -0.05) is 16.4 Å². The van der Waals surface area contributed by atoms with Crippen LogP contribution in [0.2, 0.25) is 0 Å². The number of hydrogen-bond acceptors (Lipinski definition) is 6. The minimum Gasteiger partial charge on any atom is -0.354 e. The average molecular weight is 384 g/mol. The summed E-state index contributed by atoms with van der Waals surface area (Å²) < 4.78 is 20.6. The lowest BCUT2D eigenvalue weighted by Gasteiger charge is -2.34. The Bertz CT molecular complexity index is 970. The Hall–Kier alpha value is -2.74. The summed E-state index contributed by atoms with van der Waals surface area (Å²) in [7, 11) is 0. The van der Waals surface area contributed by atoms with E-state index < -0.39 is 0 Å². The third-order valence-electron chi connectivity index (χ3n) is 5.27. The molecule has 148 valence electrons. The number of halogens is 1. The summed E-state index contributed by atoms with van der Waals surface area (Å²) >= 11 is 0. The van der Waals surface area contributed by atoms with Crippen LogP contribution >= 0.6 is 0 Å². The summed E-state index contributed by atoms with van der Waals surface area (Å²) in [6.07, 6.45) is 5.00. The predicted octanol–water partition coefficient (Wildman–Crippen LogP) is 3.11. The van der Waals surface area contributed by atoms with E-state index in [9.17, 15) is 4.39 Å². The van der Waals surface area contributed by atoms with Crippen LogP contribution in [0.4, 0.5) is 10.2 Å². The maximum absolute atomic E-state index is 13.3. The minimum absolute atomic E-state index is 0.305. The summed E-state index contributed by atoms with van der Waals surface area (Å²) in [6, 6.07) is 4.58. The Labute approximate surface area is 163 Å². The number of fused-ring (bicyclic) bond motifs is 1. The van der Waals surface area contributed by atoms with E-state index in [0.29, 0.717) is 5.58 Å². The molecule has 3 heterocycles. The van der Waals surface area contributed by atoms with E-state index in [2.05, 4.69) is 32.2 Å². The zero-order chi connectivity index (χ0) is 19.5. The summed E-state index contributed by atoms with van der Waals surface area (Å²) in [4.78, 5) is 4.67. The number of piperazine rings is 1. The Morgan fingerprint density at radius 1 is 1.18 bits per heavy atom. The molecule has 7 nitrogen and oxygen atoms in total. The maximum atomic E-state index is 13.3. The van der Waals surface area contributed by atoms with Crippen LogP contribution in [0.1, 0.15) is 24.7 Å². The van der Waals surface area contributed by atoms with Crippen molar-refractivity contribution in [3.8, 4) is 0 Å². The highest BCUT2D eigenvalue weighted by Gasteiger charge is 2.21. The third kappa shape index (κ3) is 3.77. The van der Waals surface area contributed by atoms with Crippen LogP contribution in [0.5, 0.6) is 0 Å². The lowest BCUT2D eigenvalue weighted by molar-refractivity contribution is 0.247. The molecule has 0 spiro atoms. The van der Waals surface area contributed by atoms with Crippen LogP contribution < -0.4 is 4.90 Å². The third-order valence-corrected chi connectivity index (χ3v) is 5.27. The van der Waals surface area contributed by atoms with Gasteiger partial charge in [-0.3, -0.25) is 4.90 Å². The largest absolute Gasteiger partial charge is 0.354 e. The summed E-state index contributed by atoms with van der Waals surface area (Å²) in [6.45, 7) is 9.64. The number of anilines is 1. The van der Waals surface area contributed by atoms with Crippen molar-refractivity contribution in [2.24, 2.45) is 0 Å². The molecule has 0 aliphatic carbocycles. The number of benzene rings is 1. The van der Waals surface area contributed by atoms with Crippen LogP contribution in [0.3, 0.4) is 0 Å². The molecule has 8 heteroatoms. The first kappa shape index (κ1) is 18.6. The molecule has 3 aromatic rings. The van der Waals surface area contributed by atoms with Gasteiger partial charge in [0.2, 0.25) is 0 Å². The number of aromatic nitrogens is 4. The minimum atomic E-state index is -0.305. The van der Waals surface area contributed by atoms with E-state index in [0.717, 1.165) is 68.3 Å². The zero-order valence-corrected chi connectivity index (χ0v) is 16.3. The van der Waals surface area contributed by atoms with Gasteiger partial charge >= 0.3 is 0 Å². The molecular formula is C20H25FN6O. The molecule has 1 saturated heterocycles. The Morgan fingerprint density at radius 2 is 2.00 bits per heavy atom. The summed E-state index contributed by atoms with van der Waals surface area (Å²) in [5.74, 6) is 0.505. The van der Waals surface area contributed by atoms with Crippen molar-refractivity contribution >= 4 is 22.9 Å². The first-order valence-corrected chi connectivity index (χ1v) is 9.70. The van der Waals surface area contributed by atoms with Crippen molar-refractivity contribution in [2.45, 2.75) is 26.8 Å². The number of allylic oxidation sites excluding steroid dienone is 1. The standard InChI is InChI=1S/C20H25FN6O/c1-3-5-18-15(2)27(24-22-18)9-4-8-25-10-12-26(13-11-25)20-17-7-6-16(21)14-19(17)28-23-20/h3,5-7,14H,4,8-13H2,1-2H3/b5-3-. The predicted molar refractivity (Wildman–Crippen MR) is 107 cm³/mol. The van der Waals surface area contributed by atoms with Gasteiger partial charge < -0.3 is 9.42 Å². The fraction of sp³-hybridized carbons (Fsp3) is 0.450. The van der Waals surface area contributed by atoms with E-state index in [1.54, 1.807) is 6.07 Å². The van der Waals surface area contributed by atoms with E-state index >= 15 is 0 Å². The molecule has 0 unspecified atom stereocenters. The number of hydrogen-bond donors (Lipinski definition) is 0. The molecule has 1 aromatic carbocycles. The maximum Gasteiger partial charge on any atom is 0.180 e. The molecule has 1 fully saturated rings. The molecule has 0 amide bonds. The van der Waals surface area contributed by atoms with E-state index in [1.165, 1.54) is 12.1 Å². The van der Waals surface area contributed by atoms with Gasteiger partial charge in [-0.15, -0.1) is 5.10 Å². The molecule has 0 saturated carbocycles. The van der Waals surface area contributed by atoms with E-state index in [1.807, 2.05) is 23.8 Å². The molecule has 1 aliphatic rings. The number of nitrogens with zero attached hydrogens (tertiary/aromatic N) is 6. The van der Waals surface area contributed by atoms with Crippen molar-refractivity contribution in [3.05, 3.63) is 41.5 Å². The van der Waals surface area contributed by atoms with E-state index in [4.69, 9.17) is 4.52 Å². The number of rotatable bonds is 6. The van der Waals surface area contributed by atoms with Gasteiger partial charge in [-0.25, -0.2) is 9.07 Å². The lowest BCUT2D eigenvalue weighted by Crippen LogP contribution is -2.47. The van der Waals surface area contributed by atoms with Crippen LogP contribution in [0.15, 0.2) is 28.8 Å². The molecule has 28 heavy (non-hydrogen) atoms. The van der Waals surface area contributed by atoms with Crippen LogP contribution in [-0.2, 0) is 6.54 Å². The van der Waals surface area contributed by atoms with Gasteiger partial charge in [0.1, 0.15) is 11.5 Å². The highest BCUT2D eigenvalue weighted by molar-refractivity contribution is 5.88. The molecule has 0 N–H and O–H groups in total. The molecule has 0 radical (unpaired) electrons. The molecule has 4 rings (SSSR count). The van der Waals surface area contributed by atoms with Crippen LogP contribution in [0, 0.1) is 12.7 Å². The Kier molecular flexibility index (Phi) is 5.38. The van der Waals surface area contributed by atoms with Gasteiger partial charge in [0.05, 0.1) is 11.1 Å². The Balaban J connectivity index is 1.28. The number of aryl methyl sites for hydroxylation is 1. The topological polar surface area (TPSA) is 63.2 Å². The molecule has 0 bridgehead atoms. The molecular weight excluding hydrogens is 359 g/mol. The van der Waals surface area contributed by atoms with Gasteiger partial charge in [0.25, 0.3) is 0 Å². The first-order valence-electron chi connectivity index (χ1n) is 9.70. The second-order valence-electron chi connectivity index (χ2n) is 7.11. The van der Waals surface area contributed by atoms with Crippen molar-refractivity contribution in [3.63, 3.8) is 0 Å². The SMILES string of the molecule is C/C=C\c1nnn(CCCN2CCN(c3noc4cc(F)ccc34)CC2)c1C. The van der Waals surface area contributed by atoms with E-state index in [-0.39, 0.29) is 5.82 Å². The lowest BCUT2D eigenvalue weighted by atomic mass is 10.2. The first-order chi connectivity index (χ1) is 13.7. The average Bonchev–Trinajstić information content (AvgIpc) is 3.27. The van der Waals surface area contributed by atoms with Gasteiger partial charge in [-0.05, 0) is 38.5 Å². The molecule has 0 atom stereocenters. The van der Waals surface area contributed by atoms with Crippen molar-refractivity contribution in [1.82, 2.24) is 25.1 Å². The fourth-order valence-corrected chi connectivity index (χ4v) is 3.65. The zero-order valence-electron chi connectivity index (χ0n) is 16.3. The van der Waals surface area contributed by atoms with Crippen molar-refractivity contribution in [1.29, 1.82) is 0 Å². The van der Waals surface area contributed by atoms with Gasteiger partial charge in [0, 0.05) is 45.3 Å². The highest BCUT2D eigenvalue weighted by Crippen LogP contribution is 2.27. The molecule has 2 aromatic heterocycles. The monoisotopic (exact) mass is 384 g/mol. The quantitative estimate of drug-likeness (QED) is 0.651. The Morgan fingerprint density at radius 3 is 2.79 bits per heavy atom. The molecule has 1 aliphatic heterocycles. The summed E-state index contributed by atoms with van der Waals surface area (Å²) in [5, 5.41) is 13.5. The second-order valence-corrected chi connectivity index (χ2v) is 7.11. The fourth-order valence-electron chi connectivity index (χ4n) is 3.65. The van der Waals surface area contributed by atoms with Crippen LogP contribution in [-0.4, -0.2) is 57.8 Å². The normalized spacial score (nSPS) is 15.9. The highest BCUT2D eigenvalue weighted by atomic mass is 19.1. The van der Waals surface area contributed by atoms with Gasteiger partial charge in [-0.2, -0.15) is 0 Å². The van der Waals surface area contributed by atoms with Crippen molar-refractivity contribution < 1.29 is 8.91 Å². The smallest absolute Gasteiger partial charge is 0.180 e. The van der Waals surface area contributed by atoms with Crippen LogP contribution in [0.25, 0.3) is 17.0 Å². The summed E-state index contributed by atoms with van der Waals surface area (Å²) in [5.41, 5.74) is 2.55. The second kappa shape index (κ2) is 8.10.